The molecule has 6 heteroatoms. The normalized spacial score (nSPS) is 11.9. The van der Waals surface area contributed by atoms with E-state index in [0.29, 0.717) is 19.6 Å². The van der Waals surface area contributed by atoms with Crippen LogP contribution in [-0.4, -0.2) is 39.2 Å². The first-order valence-electron chi connectivity index (χ1n) is 6.50. The first-order valence-corrected chi connectivity index (χ1v) is 6.50. The van der Waals surface area contributed by atoms with Crippen LogP contribution in [0, 0.1) is 0 Å². The summed E-state index contributed by atoms with van der Waals surface area (Å²) in [6.07, 6.45) is 0.137. The molecule has 1 amide bonds. The minimum absolute atomic E-state index is 0.182. The zero-order valence-electron chi connectivity index (χ0n) is 11.7. The van der Waals surface area contributed by atoms with Crippen molar-refractivity contribution in [3.63, 3.8) is 0 Å². The fourth-order valence-corrected chi connectivity index (χ4v) is 1.60. The third-order valence-electron chi connectivity index (χ3n) is 2.57. The van der Waals surface area contributed by atoms with Crippen molar-refractivity contribution in [1.82, 2.24) is 5.32 Å². The molecule has 0 aromatic heterocycles. The Morgan fingerprint density at radius 3 is 2.75 bits per heavy atom. The number of benzene rings is 1. The van der Waals surface area contributed by atoms with E-state index in [-0.39, 0.29) is 19.4 Å². The van der Waals surface area contributed by atoms with Gasteiger partial charge in [0, 0.05) is 7.11 Å². The van der Waals surface area contributed by atoms with Crippen LogP contribution in [0.3, 0.4) is 0 Å². The second-order valence-electron chi connectivity index (χ2n) is 4.26. The molecule has 0 unspecified atom stereocenters. The van der Waals surface area contributed by atoms with Crippen molar-refractivity contribution < 1.29 is 19.0 Å². The maximum atomic E-state index is 11.7. The molecule has 0 aliphatic heterocycles. The molecule has 20 heavy (non-hydrogen) atoms. The van der Waals surface area contributed by atoms with Crippen LogP contribution in [0.1, 0.15) is 12.0 Å². The van der Waals surface area contributed by atoms with Gasteiger partial charge in [0.05, 0.1) is 12.6 Å². The van der Waals surface area contributed by atoms with Gasteiger partial charge in [0.15, 0.2) is 0 Å². The number of nitrogens with two attached hydrogens (primary N) is 1. The lowest BCUT2D eigenvalue weighted by Crippen LogP contribution is -2.40. The fraction of sp³-hybridized carbons (Fsp3) is 0.500. The van der Waals surface area contributed by atoms with Gasteiger partial charge in [-0.25, -0.2) is 4.79 Å². The van der Waals surface area contributed by atoms with Crippen molar-refractivity contribution in [1.29, 1.82) is 0 Å². The summed E-state index contributed by atoms with van der Waals surface area (Å²) in [5, 5.41) is 2.73. The van der Waals surface area contributed by atoms with Crippen molar-refractivity contribution in [3.05, 3.63) is 35.9 Å². The molecule has 0 saturated carbocycles. The van der Waals surface area contributed by atoms with E-state index in [2.05, 4.69) is 5.32 Å². The lowest BCUT2D eigenvalue weighted by molar-refractivity contribution is -0.0382. The number of nitrogens with one attached hydrogen (secondary N) is 1. The molecule has 1 rings (SSSR count). The molecule has 0 radical (unpaired) electrons. The average molecular weight is 282 g/mol. The van der Waals surface area contributed by atoms with E-state index in [0.717, 1.165) is 5.56 Å². The Morgan fingerprint density at radius 1 is 1.35 bits per heavy atom. The molecule has 0 fully saturated rings. The number of hydrogen-bond acceptors (Lipinski definition) is 5. The average Bonchev–Trinajstić information content (AvgIpc) is 2.47. The summed E-state index contributed by atoms with van der Waals surface area (Å²) in [7, 11) is 1.54. The molecule has 0 spiro atoms. The number of hydrogen-bond donors (Lipinski definition) is 2. The number of alkyl carbamates (subject to hydrolysis) is 1. The molecule has 3 N–H and O–H groups in total. The van der Waals surface area contributed by atoms with Crippen molar-refractivity contribution in [3.8, 4) is 0 Å². The van der Waals surface area contributed by atoms with E-state index in [4.69, 9.17) is 19.9 Å². The van der Waals surface area contributed by atoms with E-state index in [1.165, 1.54) is 0 Å². The standard InChI is InChI=1S/C14H22N2O4/c1-18-11-19-10-13(7-8-15)16-14(17)20-9-12-5-3-2-4-6-12/h2-6,13H,7-11,15H2,1H3,(H,16,17)/t13-/m0/s1. The molecule has 6 nitrogen and oxygen atoms in total. The highest BCUT2D eigenvalue weighted by Crippen LogP contribution is 2.01. The molecular formula is C14H22N2O4. The van der Waals surface area contributed by atoms with Crippen LogP contribution in [0.2, 0.25) is 0 Å². The number of amides is 1. The van der Waals surface area contributed by atoms with Crippen LogP contribution in [0.15, 0.2) is 30.3 Å². The maximum absolute atomic E-state index is 11.7. The van der Waals surface area contributed by atoms with Crippen molar-refractivity contribution in [2.75, 3.05) is 27.1 Å². The Kier molecular flexibility index (Phi) is 8.37. The van der Waals surface area contributed by atoms with Crippen LogP contribution in [0.5, 0.6) is 0 Å². The van der Waals surface area contributed by atoms with E-state index in [1.54, 1.807) is 7.11 Å². The van der Waals surface area contributed by atoms with Gasteiger partial charge in [0.2, 0.25) is 0 Å². The summed E-state index contributed by atoms with van der Waals surface area (Å²) in [6.45, 7) is 1.22. The van der Waals surface area contributed by atoms with Crippen LogP contribution in [0.25, 0.3) is 0 Å². The molecule has 1 atom stereocenters. The highest BCUT2D eigenvalue weighted by molar-refractivity contribution is 5.67. The van der Waals surface area contributed by atoms with E-state index in [1.807, 2.05) is 30.3 Å². The highest BCUT2D eigenvalue weighted by atomic mass is 16.7. The Bertz CT molecular complexity index is 373. The van der Waals surface area contributed by atoms with Crippen LogP contribution in [-0.2, 0) is 20.8 Å². The van der Waals surface area contributed by atoms with Gasteiger partial charge in [-0.1, -0.05) is 30.3 Å². The molecule has 1 aromatic rings. The minimum atomic E-state index is -0.478. The van der Waals surface area contributed by atoms with Gasteiger partial charge in [-0.15, -0.1) is 0 Å². The number of methoxy groups -OCH3 is 1. The van der Waals surface area contributed by atoms with Crippen molar-refractivity contribution >= 4 is 6.09 Å². The van der Waals surface area contributed by atoms with Gasteiger partial charge in [0.25, 0.3) is 0 Å². The molecule has 0 saturated heterocycles. The molecule has 112 valence electrons. The topological polar surface area (TPSA) is 82.8 Å². The molecule has 0 aliphatic carbocycles. The fourth-order valence-electron chi connectivity index (χ4n) is 1.60. The minimum Gasteiger partial charge on any atom is -0.445 e. The van der Waals surface area contributed by atoms with Gasteiger partial charge >= 0.3 is 6.09 Å². The van der Waals surface area contributed by atoms with E-state index < -0.39 is 6.09 Å². The van der Waals surface area contributed by atoms with Crippen LogP contribution >= 0.6 is 0 Å². The number of carbonyl (C=O) groups is 1. The summed E-state index contributed by atoms with van der Waals surface area (Å²) in [5.41, 5.74) is 6.43. The number of ether oxygens (including phenoxy) is 3. The predicted molar refractivity (Wildman–Crippen MR) is 75.1 cm³/mol. The molecule has 0 heterocycles. The third-order valence-corrected chi connectivity index (χ3v) is 2.57. The number of carbonyl (C=O) groups excluding carboxylic acids is 1. The van der Waals surface area contributed by atoms with Crippen LogP contribution < -0.4 is 11.1 Å². The Balaban J connectivity index is 2.29. The first kappa shape index (κ1) is 16.4. The third kappa shape index (κ3) is 7.08. The summed E-state index contributed by atoms with van der Waals surface area (Å²) < 4.78 is 15.1. The van der Waals surface area contributed by atoms with Gasteiger partial charge < -0.3 is 25.3 Å². The van der Waals surface area contributed by atoms with Crippen molar-refractivity contribution in [2.24, 2.45) is 5.73 Å². The molecule has 0 bridgehead atoms. The Labute approximate surface area is 119 Å². The number of rotatable bonds is 9. The first-order chi connectivity index (χ1) is 9.76. The monoisotopic (exact) mass is 282 g/mol. The smallest absolute Gasteiger partial charge is 0.407 e. The quantitative estimate of drug-likeness (QED) is 0.526. The maximum Gasteiger partial charge on any atom is 0.407 e. The van der Waals surface area contributed by atoms with Gasteiger partial charge in [-0.3, -0.25) is 0 Å². The highest BCUT2D eigenvalue weighted by Gasteiger charge is 2.12. The second-order valence-corrected chi connectivity index (χ2v) is 4.26. The Morgan fingerprint density at radius 2 is 2.10 bits per heavy atom. The Hall–Kier alpha value is -1.63. The van der Waals surface area contributed by atoms with E-state index in [9.17, 15) is 4.79 Å². The van der Waals surface area contributed by atoms with Gasteiger partial charge in [0.1, 0.15) is 13.4 Å². The predicted octanol–water partition coefficient (Wildman–Crippen LogP) is 1.25. The molecular weight excluding hydrogens is 260 g/mol. The van der Waals surface area contributed by atoms with Gasteiger partial charge in [-0.05, 0) is 18.5 Å². The molecule has 1 aromatic carbocycles. The SMILES string of the molecule is COCOC[C@H](CCN)NC(=O)OCc1ccccc1. The van der Waals surface area contributed by atoms with Gasteiger partial charge in [-0.2, -0.15) is 0 Å². The van der Waals surface area contributed by atoms with E-state index >= 15 is 0 Å². The second kappa shape index (κ2) is 10.2. The zero-order valence-corrected chi connectivity index (χ0v) is 11.7. The lowest BCUT2D eigenvalue weighted by Gasteiger charge is -2.17. The molecule has 0 aliphatic rings. The summed E-state index contributed by atoms with van der Waals surface area (Å²) in [6, 6.07) is 9.31. The summed E-state index contributed by atoms with van der Waals surface area (Å²) in [5.74, 6) is 0. The summed E-state index contributed by atoms with van der Waals surface area (Å²) in [4.78, 5) is 11.7. The van der Waals surface area contributed by atoms with Crippen molar-refractivity contribution in [2.45, 2.75) is 19.1 Å². The van der Waals surface area contributed by atoms with Crippen LogP contribution in [0.4, 0.5) is 4.79 Å². The largest absolute Gasteiger partial charge is 0.445 e. The lowest BCUT2D eigenvalue weighted by atomic mass is 10.2. The summed E-state index contributed by atoms with van der Waals surface area (Å²) >= 11 is 0. The zero-order chi connectivity index (χ0) is 14.6.